The van der Waals surface area contributed by atoms with Gasteiger partial charge < -0.3 is 10.6 Å². The van der Waals surface area contributed by atoms with Crippen molar-refractivity contribution in [2.24, 2.45) is 0 Å². The van der Waals surface area contributed by atoms with Gasteiger partial charge in [-0.25, -0.2) is 0 Å². The predicted octanol–water partition coefficient (Wildman–Crippen LogP) is 3.84. The van der Waals surface area contributed by atoms with E-state index in [0.29, 0.717) is 5.92 Å². The molecule has 3 rings (SSSR count). The molecular formula is C17H17BrN2O. The van der Waals surface area contributed by atoms with Gasteiger partial charge in [0.1, 0.15) is 6.04 Å². The minimum Gasteiger partial charge on any atom is -0.324 e. The smallest absolute Gasteiger partial charge is 0.246 e. The number of carbonyl (C=O) groups excluding carboxylic acids is 1. The second-order valence-electron chi connectivity index (χ2n) is 5.34. The summed E-state index contributed by atoms with van der Waals surface area (Å²) in [6, 6.07) is 15.9. The second-order valence-corrected chi connectivity index (χ2v) is 6.20. The van der Waals surface area contributed by atoms with Crippen LogP contribution >= 0.6 is 15.9 Å². The molecule has 0 radical (unpaired) electrons. The summed E-state index contributed by atoms with van der Waals surface area (Å²) in [6.07, 6.45) is 0. The molecule has 2 unspecified atom stereocenters. The molecule has 0 saturated heterocycles. The molecule has 0 bridgehead atoms. The van der Waals surface area contributed by atoms with Crippen molar-refractivity contribution >= 4 is 27.5 Å². The van der Waals surface area contributed by atoms with Crippen molar-refractivity contribution in [3.05, 3.63) is 64.1 Å². The monoisotopic (exact) mass is 344 g/mol. The number of anilines is 1. The summed E-state index contributed by atoms with van der Waals surface area (Å²) in [4.78, 5) is 12.1. The molecule has 0 fully saturated rings. The first-order chi connectivity index (χ1) is 10.2. The van der Waals surface area contributed by atoms with Crippen LogP contribution in [0.15, 0.2) is 53.0 Å². The van der Waals surface area contributed by atoms with Crippen LogP contribution in [0.5, 0.6) is 0 Å². The Balaban J connectivity index is 1.73. The lowest BCUT2D eigenvalue weighted by Crippen LogP contribution is -2.30. The fourth-order valence-electron chi connectivity index (χ4n) is 2.66. The summed E-state index contributed by atoms with van der Waals surface area (Å²) in [5.74, 6) is 0.364. The van der Waals surface area contributed by atoms with E-state index in [1.807, 2.05) is 36.4 Å². The summed E-state index contributed by atoms with van der Waals surface area (Å²) in [5, 5.41) is 6.30. The average Bonchev–Trinajstić information content (AvgIpc) is 2.82. The quantitative estimate of drug-likeness (QED) is 0.884. The van der Waals surface area contributed by atoms with Gasteiger partial charge in [0, 0.05) is 22.3 Å². The van der Waals surface area contributed by atoms with Gasteiger partial charge in [-0.1, -0.05) is 59.3 Å². The van der Waals surface area contributed by atoms with Crippen molar-refractivity contribution in [1.82, 2.24) is 5.32 Å². The zero-order chi connectivity index (χ0) is 14.8. The molecule has 1 aliphatic heterocycles. The van der Waals surface area contributed by atoms with Crippen LogP contribution in [-0.4, -0.2) is 12.5 Å². The number of amides is 1. The SMILES string of the molecule is CC(CNC1C(=O)Nc2cccc(Br)c21)c1ccccc1. The van der Waals surface area contributed by atoms with Gasteiger partial charge in [-0.05, 0) is 23.6 Å². The van der Waals surface area contributed by atoms with E-state index in [1.165, 1.54) is 5.56 Å². The van der Waals surface area contributed by atoms with Crippen LogP contribution in [0.3, 0.4) is 0 Å². The molecule has 3 nitrogen and oxygen atoms in total. The molecule has 4 heteroatoms. The van der Waals surface area contributed by atoms with Gasteiger partial charge in [-0.3, -0.25) is 4.79 Å². The fraction of sp³-hybridized carbons (Fsp3) is 0.235. The van der Waals surface area contributed by atoms with E-state index in [-0.39, 0.29) is 11.9 Å². The molecule has 108 valence electrons. The Kier molecular flexibility index (Phi) is 4.08. The average molecular weight is 345 g/mol. The van der Waals surface area contributed by atoms with E-state index < -0.39 is 0 Å². The molecule has 2 atom stereocenters. The molecule has 21 heavy (non-hydrogen) atoms. The fourth-order valence-corrected chi connectivity index (χ4v) is 3.26. The third-order valence-corrected chi connectivity index (χ3v) is 4.55. The highest BCUT2D eigenvalue weighted by Crippen LogP contribution is 2.36. The summed E-state index contributed by atoms with van der Waals surface area (Å²) >= 11 is 3.53. The van der Waals surface area contributed by atoms with Crippen molar-refractivity contribution in [3.63, 3.8) is 0 Å². The number of nitrogens with one attached hydrogen (secondary N) is 2. The highest BCUT2D eigenvalue weighted by atomic mass is 79.9. The number of hydrogen-bond acceptors (Lipinski definition) is 2. The predicted molar refractivity (Wildman–Crippen MR) is 88.4 cm³/mol. The lowest BCUT2D eigenvalue weighted by atomic mass is 10.0. The number of carbonyl (C=O) groups is 1. The lowest BCUT2D eigenvalue weighted by molar-refractivity contribution is -0.117. The molecule has 1 amide bonds. The molecule has 2 aromatic carbocycles. The molecule has 0 saturated carbocycles. The van der Waals surface area contributed by atoms with Gasteiger partial charge in [0.2, 0.25) is 5.91 Å². The molecule has 1 heterocycles. The van der Waals surface area contributed by atoms with Crippen LogP contribution in [0.2, 0.25) is 0 Å². The summed E-state index contributed by atoms with van der Waals surface area (Å²) in [6.45, 7) is 2.92. The van der Waals surface area contributed by atoms with Gasteiger partial charge in [0.15, 0.2) is 0 Å². The maximum absolute atomic E-state index is 12.1. The molecule has 0 spiro atoms. The van der Waals surface area contributed by atoms with E-state index in [0.717, 1.165) is 22.3 Å². The zero-order valence-corrected chi connectivity index (χ0v) is 13.4. The van der Waals surface area contributed by atoms with Crippen LogP contribution in [0, 0.1) is 0 Å². The molecule has 2 aromatic rings. The molecule has 1 aliphatic rings. The summed E-state index contributed by atoms with van der Waals surface area (Å²) in [7, 11) is 0. The van der Waals surface area contributed by atoms with Crippen LogP contribution in [-0.2, 0) is 4.79 Å². The minimum atomic E-state index is -0.290. The van der Waals surface area contributed by atoms with Gasteiger partial charge in [-0.2, -0.15) is 0 Å². The van der Waals surface area contributed by atoms with Crippen LogP contribution in [0.25, 0.3) is 0 Å². The third kappa shape index (κ3) is 2.87. The number of fused-ring (bicyclic) bond motifs is 1. The van der Waals surface area contributed by atoms with Gasteiger partial charge in [0.25, 0.3) is 0 Å². The Morgan fingerprint density at radius 3 is 2.71 bits per heavy atom. The maximum atomic E-state index is 12.1. The standard InChI is InChI=1S/C17H17BrN2O/c1-11(12-6-3-2-4-7-12)10-19-16-15-13(18)8-5-9-14(15)20-17(16)21/h2-9,11,16,19H,10H2,1H3,(H,20,21). The van der Waals surface area contributed by atoms with Crippen molar-refractivity contribution < 1.29 is 4.79 Å². The third-order valence-electron chi connectivity index (χ3n) is 3.86. The Morgan fingerprint density at radius 2 is 1.95 bits per heavy atom. The number of halogens is 1. The molecular weight excluding hydrogens is 328 g/mol. The van der Waals surface area contributed by atoms with Crippen molar-refractivity contribution in [1.29, 1.82) is 0 Å². The zero-order valence-electron chi connectivity index (χ0n) is 11.8. The second kappa shape index (κ2) is 6.00. The largest absolute Gasteiger partial charge is 0.324 e. The highest BCUT2D eigenvalue weighted by molar-refractivity contribution is 9.10. The van der Waals surface area contributed by atoms with Crippen LogP contribution in [0.4, 0.5) is 5.69 Å². The molecule has 2 N–H and O–H groups in total. The first-order valence-corrected chi connectivity index (χ1v) is 7.83. The van der Waals surface area contributed by atoms with Crippen molar-refractivity contribution in [2.45, 2.75) is 18.9 Å². The Morgan fingerprint density at radius 1 is 1.19 bits per heavy atom. The number of rotatable bonds is 4. The van der Waals surface area contributed by atoms with E-state index in [4.69, 9.17) is 0 Å². The molecule has 0 aromatic heterocycles. The minimum absolute atomic E-state index is 0.0113. The topological polar surface area (TPSA) is 41.1 Å². The Bertz CT molecular complexity index is 657. The summed E-state index contributed by atoms with van der Waals surface area (Å²) in [5.41, 5.74) is 3.16. The maximum Gasteiger partial charge on any atom is 0.246 e. The van der Waals surface area contributed by atoms with Crippen LogP contribution < -0.4 is 10.6 Å². The molecule has 0 aliphatic carbocycles. The van der Waals surface area contributed by atoms with Crippen molar-refractivity contribution in [2.75, 3.05) is 11.9 Å². The van der Waals surface area contributed by atoms with Gasteiger partial charge >= 0.3 is 0 Å². The van der Waals surface area contributed by atoms with Gasteiger partial charge in [-0.15, -0.1) is 0 Å². The van der Waals surface area contributed by atoms with E-state index >= 15 is 0 Å². The highest BCUT2D eigenvalue weighted by Gasteiger charge is 2.32. The number of benzene rings is 2. The van der Waals surface area contributed by atoms with Gasteiger partial charge in [0.05, 0.1) is 0 Å². The normalized spacial score (nSPS) is 18.2. The number of hydrogen-bond donors (Lipinski definition) is 2. The van der Waals surface area contributed by atoms with E-state index in [1.54, 1.807) is 0 Å². The van der Waals surface area contributed by atoms with Crippen molar-refractivity contribution in [3.8, 4) is 0 Å². The Hall–Kier alpha value is -1.65. The van der Waals surface area contributed by atoms with E-state index in [2.05, 4.69) is 45.6 Å². The van der Waals surface area contributed by atoms with E-state index in [9.17, 15) is 4.79 Å². The Labute approximate surface area is 132 Å². The van der Waals surface area contributed by atoms with Crippen LogP contribution in [0.1, 0.15) is 30.0 Å². The lowest BCUT2D eigenvalue weighted by Gasteiger charge is -2.17. The first kappa shape index (κ1) is 14.3. The first-order valence-electron chi connectivity index (χ1n) is 7.04. The summed E-state index contributed by atoms with van der Waals surface area (Å²) < 4.78 is 0.961.